The molecule has 0 spiro atoms. The van der Waals surface area contributed by atoms with Crippen LogP contribution in [0.25, 0.3) is 0 Å². The summed E-state index contributed by atoms with van der Waals surface area (Å²) in [6.45, 7) is 7.56. The first-order valence-corrected chi connectivity index (χ1v) is 7.82. The van der Waals surface area contributed by atoms with E-state index < -0.39 is 6.10 Å². The van der Waals surface area contributed by atoms with Crippen molar-refractivity contribution in [2.75, 3.05) is 25.4 Å². The quantitative estimate of drug-likeness (QED) is 0.831. The number of nitrogens with zero attached hydrogens (tertiary/aromatic N) is 1. The minimum Gasteiger partial charge on any atom is -0.399 e. The Morgan fingerprint density at radius 1 is 1.30 bits per heavy atom. The highest BCUT2D eigenvalue weighted by Gasteiger charge is 2.21. The zero-order valence-corrected chi connectivity index (χ0v) is 12.8. The van der Waals surface area contributed by atoms with Crippen LogP contribution in [0.4, 0.5) is 5.69 Å². The zero-order chi connectivity index (χ0) is 14.5. The fourth-order valence-electron chi connectivity index (χ4n) is 3.15. The smallest absolute Gasteiger partial charge is 0.0917 e. The summed E-state index contributed by atoms with van der Waals surface area (Å²) < 4.78 is 0. The third-order valence-electron chi connectivity index (χ3n) is 4.53. The number of benzene rings is 1. The molecule has 1 saturated heterocycles. The number of anilines is 1. The predicted molar refractivity (Wildman–Crippen MR) is 84.4 cm³/mol. The Hall–Kier alpha value is -1.06. The maximum Gasteiger partial charge on any atom is 0.0917 e. The van der Waals surface area contributed by atoms with E-state index in [1.807, 2.05) is 24.3 Å². The first kappa shape index (κ1) is 15.3. The molecule has 3 heteroatoms. The van der Waals surface area contributed by atoms with Crippen LogP contribution in [0.2, 0.25) is 0 Å². The van der Waals surface area contributed by atoms with E-state index in [1.165, 1.54) is 19.3 Å². The van der Waals surface area contributed by atoms with Crippen LogP contribution in [0.1, 0.15) is 44.8 Å². The lowest BCUT2D eigenvalue weighted by molar-refractivity contribution is 0.114. The molecule has 0 aromatic heterocycles. The second-order valence-electron chi connectivity index (χ2n) is 6.42. The highest BCUT2D eigenvalue weighted by atomic mass is 16.3. The van der Waals surface area contributed by atoms with Crippen molar-refractivity contribution in [3.63, 3.8) is 0 Å². The van der Waals surface area contributed by atoms with Crippen molar-refractivity contribution in [3.8, 4) is 0 Å². The lowest BCUT2D eigenvalue weighted by Gasteiger charge is -2.24. The fraction of sp³-hybridized carbons (Fsp3) is 0.647. The van der Waals surface area contributed by atoms with E-state index >= 15 is 0 Å². The molecule has 112 valence electrons. The summed E-state index contributed by atoms with van der Waals surface area (Å²) in [5.41, 5.74) is 7.43. The molecule has 0 aliphatic carbocycles. The van der Waals surface area contributed by atoms with Gasteiger partial charge in [0.15, 0.2) is 0 Å². The average molecular weight is 276 g/mol. The molecule has 2 rings (SSSR count). The Bertz CT molecular complexity index is 419. The molecule has 0 saturated carbocycles. The SMILES string of the molecule is CC(C)C1CCCN(CC(O)c2cccc(N)c2)CC1. The van der Waals surface area contributed by atoms with Gasteiger partial charge in [-0.1, -0.05) is 26.0 Å². The Kier molecular flexibility index (Phi) is 5.44. The highest BCUT2D eigenvalue weighted by molar-refractivity contribution is 5.41. The summed E-state index contributed by atoms with van der Waals surface area (Å²) in [4.78, 5) is 2.40. The summed E-state index contributed by atoms with van der Waals surface area (Å²) >= 11 is 0. The Labute approximate surface area is 122 Å². The maximum absolute atomic E-state index is 10.4. The number of nitrogens with two attached hydrogens (primary N) is 1. The molecule has 0 bridgehead atoms. The van der Waals surface area contributed by atoms with Gasteiger partial charge in [-0.25, -0.2) is 0 Å². The highest BCUT2D eigenvalue weighted by Crippen LogP contribution is 2.26. The van der Waals surface area contributed by atoms with Crippen LogP contribution in [-0.4, -0.2) is 29.6 Å². The molecule has 2 atom stereocenters. The number of β-amino-alcohol motifs (C(OH)–C–C–N with tert-alkyl or cyclic N) is 1. The molecular weight excluding hydrogens is 248 g/mol. The standard InChI is InChI=1S/C17H28N2O/c1-13(2)14-6-4-9-19(10-8-14)12-17(20)15-5-3-7-16(18)11-15/h3,5,7,11,13-14,17,20H,4,6,8-10,12,18H2,1-2H3. The largest absolute Gasteiger partial charge is 0.399 e. The molecule has 3 N–H and O–H groups in total. The summed E-state index contributed by atoms with van der Waals surface area (Å²) in [7, 11) is 0. The molecular formula is C17H28N2O. The van der Waals surface area contributed by atoms with Gasteiger partial charge < -0.3 is 15.7 Å². The van der Waals surface area contributed by atoms with Crippen molar-refractivity contribution in [2.45, 2.75) is 39.2 Å². The first-order chi connectivity index (χ1) is 9.56. The first-order valence-electron chi connectivity index (χ1n) is 7.82. The second-order valence-corrected chi connectivity index (χ2v) is 6.42. The minimum atomic E-state index is -0.436. The summed E-state index contributed by atoms with van der Waals surface area (Å²) in [5, 5.41) is 10.4. The van der Waals surface area contributed by atoms with Gasteiger partial charge in [0.1, 0.15) is 0 Å². The van der Waals surface area contributed by atoms with E-state index in [0.717, 1.165) is 36.2 Å². The van der Waals surface area contributed by atoms with Gasteiger partial charge in [0, 0.05) is 12.2 Å². The number of aliphatic hydroxyl groups excluding tert-OH is 1. The lowest BCUT2D eigenvalue weighted by Crippen LogP contribution is -2.30. The van der Waals surface area contributed by atoms with Gasteiger partial charge in [0.2, 0.25) is 0 Å². The van der Waals surface area contributed by atoms with Crippen molar-refractivity contribution < 1.29 is 5.11 Å². The number of hydrogen-bond acceptors (Lipinski definition) is 3. The van der Waals surface area contributed by atoms with E-state index in [9.17, 15) is 5.11 Å². The van der Waals surface area contributed by atoms with Gasteiger partial charge in [-0.15, -0.1) is 0 Å². The van der Waals surface area contributed by atoms with Crippen LogP contribution in [0, 0.1) is 11.8 Å². The summed E-state index contributed by atoms with van der Waals surface area (Å²) in [6.07, 6.45) is 3.38. The molecule has 1 aromatic rings. The summed E-state index contributed by atoms with van der Waals surface area (Å²) in [6, 6.07) is 7.59. The number of rotatable bonds is 4. The van der Waals surface area contributed by atoms with Crippen molar-refractivity contribution in [2.24, 2.45) is 11.8 Å². The minimum absolute atomic E-state index is 0.436. The van der Waals surface area contributed by atoms with Crippen LogP contribution in [0.3, 0.4) is 0 Å². The van der Waals surface area contributed by atoms with Crippen molar-refractivity contribution >= 4 is 5.69 Å². The summed E-state index contributed by atoms with van der Waals surface area (Å²) in [5.74, 6) is 1.61. The van der Waals surface area contributed by atoms with Crippen LogP contribution >= 0.6 is 0 Å². The predicted octanol–water partition coefficient (Wildman–Crippen LogP) is 3.06. The van der Waals surface area contributed by atoms with Crippen molar-refractivity contribution in [1.82, 2.24) is 4.90 Å². The Morgan fingerprint density at radius 3 is 2.80 bits per heavy atom. The van der Waals surface area contributed by atoms with E-state index in [0.29, 0.717) is 6.54 Å². The van der Waals surface area contributed by atoms with Gasteiger partial charge in [-0.05, 0) is 61.9 Å². The van der Waals surface area contributed by atoms with E-state index in [-0.39, 0.29) is 0 Å². The van der Waals surface area contributed by atoms with Crippen LogP contribution in [-0.2, 0) is 0 Å². The molecule has 2 unspecified atom stereocenters. The molecule has 1 heterocycles. The average Bonchev–Trinajstić information content (AvgIpc) is 2.64. The third kappa shape index (κ3) is 4.22. The third-order valence-corrected chi connectivity index (χ3v) is 4.53. The lowest BCUT2D eigenvalue weighted by atomic mass is 9.89. The monoisotopic (exact) mass is 276 g/mol. The zero-order valence-electron chi connectivity index (χ0n) is 12.8. The second kappa shape index (κ2) is 7.09. The van der Waals surface area contributed by atoms with Crippen LogP contribution in [0.5, 0.6) is 0 Å². The van der Waals surface area contributed by atoms with E-state index in [2.05, 4.69) is 18.7 Å². The number of aliphatic hydroxyl groups is 1. The van der Waals surface area contributed by atoms with Gasteiger partial charge >= 0.3 is 0 Å². The van der Waals surface area contributed by atoms with E-state index in [4.69, 9.17) is 5.73 Å². The van der Waals surface area contributed by atoms with Crippen molar-refractivity contribution in [1.29, 1.82) is 0 Å². The molecule has 1 aliphatic heterocycles. The van der Waals surface area contributed by atoms with Gasteiger partial charge in [-0.3, -0.25) is 0 Å². The van der Waals surface area contributed by atoms with Gasteiger partial charge in [-0.2, -0.15) is 0 Å². The van der Waals surface area contributed by atoms with Crippen LogP contribution < -0.4 is 5.73 Å². The number of hydrogen-bond donors (Lipinski definition) is 2. The molecule has 0 radical (unpaired) electrons. The number of nitrogen functional groups attached to an aromatic ring is 1. The van der Waals surface area contributed by atoms with Gasteiger partial charge in [0.05, 0.1) is 6.10 Å². The van der Waals surface area contributed by atoms with Crippen molar-refractivity contribution in [3.05, 3.63) is 29.8 Å². The van der Waals surface area contributed by atoms with E-state index in [1.54, 1.807) is 0 Å². The Morgan fingerprint density at radius 2 is 2.10 bits per heavy atom. The molecule has 0 amide bonds. The molecule has 3 nitrogen and oxygen atoms in total. The number of likely N-dealkylation sites (tertiary alicyclic amines) is 1. The normalized spacial score (nSPS) is 22.7. The molecule has 1 aromatic carbocycles. The molecule has 1 aliphatic rings. The van der Waals surface area contributed by atoms with Gasteiger partial charge in [0.25, 0.3) is 0 Å². The topological polar surface area (TPSA) is 49.5 Å². The fourth-order valence-corrected chi connectivity index (χ4v) is 3.15. The molecule has 1 fully saturated rings. The maximum atomic E-state index is 10.4. The Balaban J connectivity index is 1.90. The molecule has 20 heavy (non-hydrogen) atoms. The van der Waals surface area contributed by atoms with Crippen LogP contribution in [0.15, 0.2) is 24.3 Å².